The standard InChI is InChI=1S/C16H22N6O2S2/c1-15(2)6-16(3,4)10(12-20-22-14(26-12)18-8-24)5-9(15)11-19-21-13(25-11)17-7-23/h7-10H,5-6H2,1-4H3,(H,17,21,23)(H,18,22,24)/t9-,10-/m1/s1. The topological polar surface area (TPSA) is 110 Å². The third kappa shape index (κ3) is 3.61. The highest BCUT2D eigenvalue weighted by molar-refractivity contribution is 7.15. The first kappa shape index (κ1) is 18.8. The van der Waals surface area contributed by atoms with E-state index in [0.717, 1.165) is 22.9 Å². The molecular formula is C16H22N6O2S2. The van der Waals surface area contributed by atoms with Crippen LogP contribution in [-0.2, 0) is 9.59 Å². The second kappa shape index (κ2) is 6.99. The zero-order valence-electron chi connectivity index (χ0n) is 15.1. The van der Waals surface area contributed by atoms with E-state index in [9.17, 15) is 9.59 Å². The molecular weight excluding hydrogens is 372 g/mol. The fourth-order valence-electron chi connectivity index (χ4n) is 4.13. The second-order valence-electron chi connectivity index (χ2n) is 7.91. The number of hydrogen-bond acceptors (Lipinski definition) is 8. The molecule has 2 N–H and O–H groups in total. The van der Waals surface area contributed by atoms with Gasteiger partial charge in [0.05, 0.1) is 0 Å². The average Bonchev–Trinajstić information content (AvgIpc) is 3.16. The SMILES string of the molecule is CC1(C)CC(C)(C)[C@@H](c2nnc(NC=O)s2)C[C@@H]1c1nnc(NC=O)s1. The molecule has 0 unspecified atom stereocenters. The lowest BCUT2D eigenvalue weighted by molar-refractivity contribution is -0.106. The number of rotatable bonds is 6. The fourth-order valence-corrected chi connectivity index (χ4v) is 6.18. The van der Waals surface area contributed by atoms with Gasteiger partial charge in [0.25, 0.3) is 0 Å². The van der Waals surface area contributed by atoms with Gasteiger partial charge in [-0.3, -0.25) is 9.59 Å². The number of carbonyl (C=O) groups is 2. The molecule has 0 aromatic carbocycles. The summed E-state index contributed by atoms with van der Waals surface area (Å²) in [4.78, 5) is 21.3. The molecule has 1 saturated carbocycles. The third-order valence-electron chi connectivity index (χ3n) is 5.11. The van der Waals surface area contributed by atoms with Crippen LogP contribution in [0.5, 0.6) is 0 Å². The van der Waals surface area contributed by atoms with Crippen LogP contribution in [0.15, 0.2) is 0 Å². The Balaban J connectivity index is 1.92. The fraction of sp³-hybridized carbons (Fsp3) is 0.625. The summed E-state index contributed by atoms with van der Waals surface area (Å²) in [6, 6.07) is 0. The van der Waals surface area contributed by atoms with Crippen molar-refractivity contribution in [3.63, 3.8) is 0 Å². The van der Waals surface area contributed by atoms with Gasteiger partial charge in [0.2, 0.25) is 23.1 Å². The molecule has 26 heavy (non-hydrogen) atoms. The van der Waals surface area contributed by atoms with Crippen molar-refractivity contribution in [2.75, 3.05) is 10.6 Å². The van der Waals surface area contributed by atoms with Crippen LogP contribution in [0, 0.1) is 10.8 Å². The van der Waals surface area contributed by atoms with Crippen molar-refractivity contribution in [1.29, 1.82) is 0 Å². The largest absolute Gasteiger partial charge is 0.303 e. The minimum absolute atomic E-state index is 0.0343. The average molecular weight is 395 g/mol. The molecule has 10 heteroatoms. The van der Waals surface area contributed by atoms with Crippen LogP contribution in [-0.4, -0.2) is 33.2 Å². The number of aromatic nitrogens is 4. The molecule has 2 atom stereocenters. The van der Waals surface area contributed by atoms with Crippen LogP contribution >= 0.6 is 22.7 Å². The Kier molecular flexibility index (Phi) is 5.07. The molecule has 0 spiro atoms. The molecule has 2 aromatic heterocycles. The summed E-state index contributed by atoms with van der Waals surface area (Å²) in [7, 11) is 0. The molecule has 0 saturated heterocycles. The Morgan fingerprint density at radius 3 is 1.65 bits per heavy atom. The van der Waals surface area contributed by atoms with Gasteiger partial charge in [-0.15, -0.1) is 20.4 Å². The summed E-state index contributed by atoms with van der Waals surface area (Å²) in [5.41, 5.74) is 0.0685. The number of carbonyl (C=O) groups excluding carboxylic acids is 2. The van der Waals surface area contributed by atoms with Crippen molar-refractivity contribution in [3.05, 3.63) is 10.0 Å². The van der Waals surface area contributed by atoms with E-state index < -0.39 is 0 Å². The molecule has 0 aliphatic heterocycles. The molecule has 3 rings (SSSR count). The molecule has 0 radical (unpaired) electrons. The molecule has 1 aliphatic rings. The van der Waals surface area contributed by atoms with Gasteiger partial charge in [-0.2, -0.15) is 0 Å². The lowest BCUT2D eigenvalue weighted by Crippen LogP contribution is -2.40. The molecule has 140 valence electrons. The van der Waals surface area contributed by atoms with E-state index in [1.165, 1.54) is 22.7 Å². The van der Waals surface area contributed by atoms with Crippen LogP contribution in [0.2, 0.25) is 0 Å². The highest BCUT2D eigenvalue weighted by Gasteiger charge is 2.49. The van der Waals surface area contributed by atoms with Gasteiger partial charge in [-0.05, 0) is 23.7 Å². The monoisotopic (exact) mass is 394 g/mol. The molecule has 1 fully saturated rings. The summed E-state index contributed by atoms with van der Waals surface area (Å²) < 4.78 is 0. The van der Waals surface area contributed by atoms with Crippen molar-refractivity contribution >= 4 is 45.8 Å². The van der Waals surface area contributed by atoms with E-state index in [1.54, 1.807) is 0 Å². The quantitative estimate of drug-likeness (QED) is 0.728. The van der Waals surface area contributed by atoms with Gasteiger partial charge in [-0.1, -0.05) is 50.4 Å². The Bertz CT molecular complexity index is 736. The zero-order chi connectivity index (χ0) is 18.9. The lowest BCUT2D eigenvalue weighted by atomic mass is 9.55. The Morgan fingerprint density at radius 1 is 0.846 bits per heavy atom. The van der Waals surface area contributed by atoms with Crippen LogP contribution in [0.25, 0.3) is 0 Å². The number of anilines is 2. The summed E-state index contributed by atoms with van der Waals surface area (Å²) in [5, 5.41) is 24.8. The van der Waals surface area contributed by atoms with E-state index in [2.05, 4.69) is 58.7 Å². The zero-order valence-corrected chi connectivity index (χ0v) is 16.8. The first-order valence-electron chi connectivity index (χ1n) is 8.34. The molecule has 0 bridgehead atoms. The number of nitrogens with one attached hydrogen (secondary N) is 2. The van der Waals surface area contributed by atoms with Gasteiger partial charge >= 0.3 is 0 Å². The summed E-state index contributed by atoms with van der Waals surface area (Å²) in [6.45, 7) is 9.01. The highest BCUT2D eigenvalue weighted by atomic mass is 32.1. The first-order valence-corrected chi connectivity index (χ1v) is 9.97. The molecule has 1 aliphatic carbocycles. The van der Waals surface area contributed by atoms with E-state index in [1.807, 2.05) is 0 Å². The molecule has 2 aromatic rings. The predicted molar refractivity (Wildman–Crippen MR) is 101 cm³/mol. The Labute approximate surface area is 159 Å². The van der Waals surface area contributed by atoms with Crippen LogP contribution in [0.1, 0.15) is 62.4 Å². The summed E-state index contributed by atoms with van der Waals surface area (Å²) >= 11 is 2.84. The lowest BCUT2D eigenvalue weighted by Gasteiger charge is -2.49. The van der Waals surface area contributed by atoms with Gasteiger partial charge < -0.3 is 10.6 Å². The maximum absolute atomic E-state index is 10.6. The van der Waals surface area contributed by atoms with Crippen LogP contribution in [0.3, 0.4) is 0 Å². The van der Waals surface area contributed by atoms with Crippen LogP contribution in [0.4, 0.5) is 10.3 Å². The second-order valence-corrected chi connectivity index (χ2v) is 9.93. The van der Waals surface area contributed by atoms with Crippen molar-refractivity contribution in [2.45, 2.75) is 52.4 Å². The van der Waals surface area contributed by atoms with Crippen LogP contribution < -0.4 is 10.6 Å². The van der Waals surface area contributed by atoms with Gasteiger partial charge in [-0.25, -0.2) is 0 Å². The predicted octanol–water partition coefficient (Wildman–Crippen LogP) is 3.24. The summed E-state index contributed by atoms with van der Waals surface area (Å²) in [6.07, 6.45) is 3.09. The maximum atomic E-state index is 10.6. The number of nitrogens with zero attached hydrogens (tertiary/aromatic N) is 4. The molecule has 8 nitrogen and oxygen atoms in total. The summed E-state index contributed by atoms with van der Waals surface area (Å²) in [5.74, 6) is 0.401. The van der Waals surface area contributed by atoms with E-state index in [0.29, 0.717) is 23.1 Å². The smallest absolute Gasteiger partial charge is 0.213 e. The molecule has 2 amide bonds. The van der Waals surface area contributed by atoms with Gasteiger partial charge in [0, 0.05) is 11.8 Å². The van der Waals surface area contributed by atoms with E-state index in [-0.39, 0.29) is 22.7 Å². The van der Waals surface area contributed by atoms with E-state index >= 15 is 0 Å². The molecule has 2 heterocycles. The van der Waals surface area contributed by atoms with E-state index in [4.69, 9.17) is 0 Å². The Morgan fingerprint density at radius 2 is 1.27 bits per heavy atom. The third-order valence-corrected chi connectivity index (χ3v) is 7.05. The van der Waals surface area contributed by atoms with Gasteiger partial charge in [0.1, 0.15) is 10.0 Å². The maximum Gasteiger partial charge on any atom is 0.213 e. The van der Waals surface area contributed by atoms with Crippen molar-refractivity contribution in [2.24, 2.45) is 10.8 Å². The minimum atomic E-state index is 0.0343. The van der Waals surface area contributed by atoms with Crippen molar-refractivity contribution in [3.8, 4) is 0 Å². The van der Waals surface area contributed by atoms with Crippen molar-refractivity contribution in [1.82, 2.24) is 20.4 Å². The number of hydrogen-bond donors (Lipinski definition) is 2. The highest BCUT2D eigenvalue weighted by Crippen LogP contribution is 2.59. The number of amides is 2. The van der Waals surface area contributed by atoms with Gasteiger partial charge in [0.15, 0.2) is 0 Å². The Hall–Kier alpha value is -1.94. The minimum Gasteiger partial charge on any atom is -0.303 e. The first-order chi connectivity index (χ1) is 12.3. The normalized spacial score (nSPS) is 24.0. The van der Waals surface area contributed by atoms with Crippen molar-refractivity contribution < 1.29 is 9.59 Å².